The van der Waals surface area contributed by atoms with Gasteiger partial charge in [0.2, 0.25) is 0 Å². The molecule has 1 atom stereocenters. The van der Waals surface area contributed by atoms with Crippen molar-refractivity contribution in [2.45, 2.75) is 45.7 Å². The van der Waals surface area contributed by atoms with Crippen molar-refractivity contribution in [3.63, 3.8) is 0 Å². The Balaban J connectivity index is 2.46. The summed E-state index contributed by atoms with van der Waals surface area (Å²) in [5, 5.41) is 18.9. The predicted molar refractivity (Wildman–Crippen MR) is 115 cm³/mol. The van der Waals surface area contributed by atoms with Crippen LogP contribution in [0.3, 0.4) is 0 Å². The first-order chi connectivity index (χ1) is 15.0. The van der Waals surface area contributed by atoms with Crippen molar-refractivity contribution in [2.75, 3.05) is 0 Å². The monoisotopic (exact) mass is 440 g/mol. The van der Waals surface area contributed by atoms with E-state index < -0.39 is 35.2 Å². The van der Waals surface area contributed by atoms with Crippen molar-refractivity contribution >= 4 is 17.0 Å². The topological polar surface area (TPSA) is 99.2 Å². The third-order valence-corrected chi connectivity index (χ3v) is 5.11. The fraction of sp³-hybridized carbons (Fsp3) is 0.304. The Hall–Kier alpha value is -3.80. The van der Waals surface area contributed by atoms with E-state index in [1.807, 2.05) is 6.07 Å². The van der Waals surface area contributed by atoms with Gasteiger partial charge in [-0.25, -0.2) is 18.6 Å². The molecular weight excluding hydrogens is 418 g/mol. The minimum atomic E-state index is -2.90. The van der Waals surface area contributed by atoms with Gasteiger partial charge in [-0.3, -0.25) is 14.3 Å². The number of halogens is 2. The molecule has 1 N–H and O–H groups in total. The van der Waals surface area contributed by atoms with Crippen molar-refractivity contribution < 1.29 is 18.7 Å². The van der Waals surface area contributed by atoms with Gasteiger partial charge in [-0.15, -0.1) is 0 Å². The van der Waals surface area contributed by atoms with Gasteiger partial charge >= 0.3 is 6.09 Å². The van der Waals surface area contributed by atoms with Crippen molar-refractivity contribution in [3.8, 4) is 11.8 Å². The number of benzene rings is 2. The largest absolute Gasteiger partial charge is 0.465 e. The molecule has 0 saturated heterocycles. The number of rotatable bonds is 4. The molecule has 3 rings (SSSR count). The second kappa shape index (κ2) is 8.38. The van der Waals surface area contributed by atoms with Gasteiger partial charge in [0, 0.05) is 11.1 Å². The van der Waals surface area contributed by atoms with Crippen molar-refractivity contribution in [1.82, 2.24) is 14.5 Å². The summed E-state index contributed by atoms with van der Waals surface area (Å²) in [4.78, 5) is 31.2. The lowest BCUT2D eigenvalue weighted by Crippen LogP contribution is -2.47. The standard InChI is InChI=1S/C23H22F2N4O3/c1-13(29(22(31)32)23(2,3)4)20-27-17-10-6-9-16(19(24)25)18(17)21(30)28(20)15-8-5-7-14(11-15)12-26/h5-11,13,19H,1-4H3,(H,31,32). The number of nitrogens with zero attached hydrogens (tertiary/aromatic N) is 4. The fourth-order valence-corrected chi connectivity index (χ4v) is 3.85. The number of carboxylic acid groups (broad SMARTS) is 1. The number of hydrogen-bond acceptors (Lipinski definition) is 4. The highest BCUT2D eigenvalue weighted by atomic mass is 19.3. The summed E-state index contributed by atoms with van der Waals surface area (Å²) < 4.78 is 28.5. The van der Waals surface area contributed by atoms with Crippen LogP contribution in [-0.2, 0) is 0 Å². The van der Waals surface area contributed by atoms with E-state index in [0.717, 1.165) is 15.5 Å². The summed E-state index contributed by atoms with van der Waals surface area (Å²) >= 11 is 0. The number of amides is 1. The number of aromatic nitrogens is 2. The highest BCUT2D eigenvalue weighted by Gasteiger charge is 2.35. The Morgan fingerprint density at radius 1 is 1.22 bits per heavy atom. The zero-order valence-corrected chi connectivity index (χ0v) is 18.0. The molecule has 32 heavy (non-hydrogen) atoms. The summed E-state index contributed by atoms with van der Waals surface area (Å²) in [6, 6.07) is 11.1. The summed E-state index contributed by atoms with van der Waals surface area (Å²) in [7, 11) is 0. The number of hydrogen-bond donors (Lipinski definition) is 1. The Labute approximate surface area is 183 Å². The van der Waals surface area contributed by atoms with Crippen LogP contribution in [-0.4, -0.2) is 31.2 Å². The Morgan fingerprint density at radius 3 is 2.44 bits per heavy atom. The molecule has 0 aliphatic rings. The highest BCUT2D eigenvalue weighted by Crippen LogP contribution is 2.31. The SMILES string of the molecule is CC(c1nc2cccc(C(F)F)c2c(=O)n1-c1cccc(C#N)c1)N(C(=O)O)C(C)(C)C. The maximum Gasteiger partial charge on any atom is 0.408 e. The Kier molecular flexibility index (Phi) is 5.99. The normalized spacial score (nSPS) is 12.6. The molecule has 1 unspecified atom stereocenters. The van der Waals surface area contributed by atoms with Gasteiger partial charge < -0.3 is 5.11 Å². The van der Waals surface area contributed by atoms with Gasteiger partial charge in [0.05, 0.1) is 34.3 Å². The van der Waals surface area contributed by atoms with Gasteiger partial charge in [0.25, 0.3) is 12.0 Å². The van der Waals surface area contributed by atoms with Crippen LogP contribution >= 0.6 is 0 Å². The molecule has 1 amide bonds. The van der Waals surface area contributed by atoms with E-state index in [1.165, 1.54) is 24.3 Å². The predicted octanol–water partition coefficient (Wildman–Crippen LogP) is 5.03. The highest BCUT2D eigenvalue weighted by molar-refractivity contribution is 5.82. The van der Waals surface area contributed by atoms with Crippen LogP contribution in [0.15, 0.2) is 47.3 Å². The molecule has 7 nitrogen and oxygen atoms in total. The van der Waals surface area contributed by atoms with Crippen LogP contribution in [0.4, 0.5) is 13.6 Å². The van der Waals surface area contributed by atoms with E-state index >= 15 is 0 Å². The van der Waals surface area contributed by atoms with Crippen LogP contribution < -0.4 is 5.56 Å². The smallest absolute Gasteiger partial charge is 0.408 e. The maximum atomic E-state index is 13.7. The summed E-state index contributed by atoms with van der Waals surface area (Å²) in [5.41, 5.74) is -1.55. The molecule has 0 fully saturated rings. The van der Waals surface area contributed by atoms with Crippen LogP contribution in [0.5, 0.6) is 0 Å². The van der Waals surface area contributed by atoms with E-state index in [2.05, 4.69) is 4.98 Å². The molecule has 0 aliphatic carbocycles. The second-order valence-electron chi connectivity index (χ2n) is 8.31. The molecule has 1 aromatic heterocycles. The van der Waals surface area contributed by atoms with Crippen molar-refractivity contribution in [3.05, 3.63) is 69.8 Å². The molecule has 166 valence electrons. The van der Waals surface area contributed by atoms with E-state index in [9.17, 15) is 28.7 Å². The molecule has 9 heteroatoms. The fourth-order valence-electron chi connectivity index (χ4n) is 3.85. The van der Waals surface area contributed by atoms with Crippen molar-refractivity contribution in [2.24, 2.45) is 0 Å². The van der Waals surface area contributed by atoms with E-state index in [0.29, 0.717) is 0 Å². The van der Waals surface area contributed by atoms with E-state index in [-0.39, 0.29) is 28.0 Å². The van der Waals surface area contributed by atoms with E-state index in [4.69, 9.17) is 0 Å². The molecule has 3 aromatic rings. The second-order valence-corrected chi connectivity index (χ2v) is 8.31. The van der Waals surface area contributed by atoms with Crippen molar-refractivity contribution in [1.29, 1.82) is 5.26 Å². The molecule has 0 radical (unpaired) electrons. The first-order valence-electron chi connectivity index (χ1n) is 9.84. The maximum absolute atomic E-state index is 13.7. The lowest BCUT2D eigenvalue weighted by Gasteiger charge is -2.38. The average molecular weight is 440 g/mol. The van der Waals surface area contributed by atoms with Crippen LogP contribution in [0.25, 0.3) is 16.6 Å². The number of nitriles is 1. The third kappa shape index (κ3) is 4.04. The number of alkyl halides is 2. The lowest BCUT2D eigenvalue weighted by atomic mass is 10.0. The Morgan fingerprint density at radius 2 is 1.88 bits per heavy atom. The minimum absolute atomic E-state index is 0.0431. The molecule has 0 aliphatic heterocycles. The summed E-state index contributed by atoms with van der Waals surface area (Å²) in [6.07, 6.45) is -4.13. The zero-order chi connectivity index (χ0) is 23.8. The first kappa shape index (κ1) is 22.9. The Bertz CT molecular complexity index is 1290. The molecule has 1 heterocycles. The molecule has 0 saturated carbocycles. The van der Waals surface area contributed by atoms with Gasteiger partial charge in [0.1, 0.15) is 5.82 Å². The van der Waals surface area contributed by atoms with Crippen LogP contribution in [0.2, 0.25) is 0 Å². The van der Waals surface area contributed by atoms with Gasteiger partial charge in [0.15, 0.2) is 0 Å². The number of fused-ring (bicyclic) bond motifs is 1. The summed E-state index contributed by atoms with van der Waals surface area (Å²) in [5.74, 6) is 0.0568. The quantitative estimate of drug-likeness (QED) is 0.613. The van der Waals surface area contributed by atoms with Gasteiger partial charge in [-0.1, -0.05) is 18.2 Å². The van der Waals surface area contributed by atoms with Crippen LogP contribution in [0, 0.1) is 11.3 Å². The third-order valence-electron chi connectivity index (χ3n) is 5.11. The van der Waals surface area contributed by atoms with Gasteiger partial charge in [-0.05, 0) is 52.0 Å². The van der Waals surface area contributed by atoms with E-state index in [1.54, 1.807) is 39.8 Å². The molecular formula is C23H22F2N4O3. The zero-order valence-electron chi connectivity index (χ0n) is 18.0. The number of carbonyl (C=O) groups is 1. The minimum Gasteiger partial charge on any atom is -0.465 e. The van der Waals surface area contributed by atoms with Gasteiger partial charge in [-0.2, -0.15) is 5.26 Å². The molecule has 0 bridgehead atoms. The molecule has 0 spiro atoms. The lowest BCUT2D eigenvalue weighted by molar-refractivity contribution is 0.0719. The summed E-state index contributed by atoms with van der Waals surface area (Å²) in [6.45, 7) is 6.68. The average Bonchev–Trinajstić information content (AvgIpc) is 2.71. The first-order valence-corrected chi connectivity index (χ1v) is 9.84. The molecule has 2 aromatic carbocycles. The van der Waals surface area contributed by atoms with Crippen LogP contribution in [0.1, 0.15) is 57.1 Å².